The summed E-state index contributed by atoms with van der Waals surface area (Å²) >= 11 is 1.68. The molecule has 0 aromatic heterocycles. The summed E-state index contributed by atoms with van der Waals surface area (Å²) in [5, 5.41) is 14.1. The van der Waals surface area contributed by atoms with Crippen LogP contribution in [0, 0.1) is 10.1 Å². The zero-order valence-corrected chi connectivity index (χ0v) is 12.6. The number of hydrogen-bond donors (Lipinski definition) is 1. The average molecular weight is 304 g/mol. The molecule has 0 fully saturated rings. The van der Waals surface area contributed by atoms with Crippen molar-refractivity contribution in [3.05, 3.63) is 58.1 Å². The summed E-state index contributed by atoms with van der Waals surface area (Å²) in [7, 11) is 1.50. The van der Waals surface area contributed by atoms with E-state index in [0.29, 0.717) is 12.3 Å². The maximum absolute atomic E-state index is 10.9. The number of nitrogens with one attached hydrogen (secondary N) is 1. The lowest BCUT2D eigenvalue weighted by Crippen LogP contribution is -2.01. The van der Waals surface area contributed by atoms with Crippen LogP contribution >= 0.6 is 11.8 Å². The van der Waals surface area contributed by atoms with Gasteiger partial charge in [0.1, 0.15) is 5.75 Å². The predicted octanol–water partition coefficient (Wildman–Crippen LogP) is 3.94. The molecule has 2 aromatic carbocycles. The second kappa shape index (κ2) is 6.99. The van der Waals surface area contributed by atoms with Crippen molar-refractivity contribution in [3.63, 3.8) is 0 Å². The summed E-state index contributed by atoms with van der Waals surface area (Å²) in [5.74, 6) is 0.485. The number of ether oxygens (including phenoxy) is 1. The number of hydrogen-bond acceptors (Lipinski definition) is 5. The Morgan fingerprint density at radius 3 is 2.52 bits per heavy atom. The minimum atomic E-state index is -0.417. The van der Waals surface area contributed by atoms with Crippen molar-refractivity contribution in [2.45, 2.75) is 11.4 Å². The molecule has 2 rings (SSSR count). The van der Waals surface area contributed by atoms with E-state index in [9.17, 15) is 10.1 Å². The van der Waals surface area contributed by atoms with Gasteiger partial charge < -0.3 is 10.1 Å². The Kier molecular flexibility index (Phi) is 5.05. The first-order valence-corrected chi connectivity index (χ1v) is 7.55. The quantitative estimate of drug-likeness (QED) is 0.497. The molecular formula is C15H16N2O3S. The predicted molar refractivity (Wildman–Crippen MR) is 85.2 cm³/mol. The van der Waals surface area contributed by atoms with Gasteiger partial charge in [-0.15, -0.1) is 11.8 Å². The number of thioether (sulfide) groups is 1. The minimum absolute atomic E-state index is 0.0314. The van der Waals surface area contributed by atoms with Gasteiger partial charge in [0.2, 0.25) is 0 Å². The van der Waals surface area contributed by atoms with Crippen LogP contribution in [-0.2, 0) is 6.54 Å². The van der Waals surface area contributed by atoms with Crippen molar-refractivity contribution in [2.24, 2.45) is 0 Å². The number of non-ortho nitro benzene ring substituents is 1. The van der Waals surface area contributed by atoms with E-state index in [0.717, 1.165) is 11.3 Å². The number of nitrogens with zero attached hydrogens (tertiary/aromatic N) is 1. The Bertz CT molecular complexity index is 629. The third kappa shape index (κ3) is 4.13. The van der Waals surface area contributed by atoms with Gasteiger partial charge in [0.05, 0.1) is 18.1 Å². The van der Waals surface area contributed by atoms with Crippen molar-refractivity contribution >= 4 is 23.1 Å². The van der Waals surface area contributed by atoms with Crippen LogP contribution in [0.1, 0.15) is 5.56 Å². The van der Waals surface area contributed by atoms with Crippen molar-refractivity contribution < 1.29 is 9.66 Å². The molecule has 0 bridgehead atoms. The van der Waals surface area contributed by atoms with Gasteiger partial charge in [0, 0.05) is 23.2 Å². The third-order valence-corrected chi connectivity index (χ3v) is 3.73. The monoisotopic (exact) mass is 304 g/mol. The fourth-order valence-corrected chi connectivity index (χ4v) is 2.29. The zero-order chi connectivity index (χ0) is 15.2. The van der Waals surface area contributed by atoms with Crippen molar-refractivity contribution in [1.29, 1.82) is 0 Å². The van der Waals surface area contributed by atoms with Crippen molar-refractivity contribution in [2.75, 3.05) is 18.7 Å². The standard InChI is InChI=1S/C15H16N2O3S/c1-20-14-8-11(7-13(9-14)17(18)19)10-16-12-3-5-15(21-2)6-4-12/h3-9,16H,10H2,1-2H3. The molecule has 0 saturated heterocycles. The van der Waals surface area contributed by atoms with Crippen molar-refractivity contribution in [3.8, 4) is 5.75 Å². The fourth-order valence-electron chi connectivity index (χ4n) is 1.88. The molecule has 0 unspecified atom stereocenters. The van der Waals surface area contributed by atoms with Gasteiger partial charge in [-0.2, -0.15) is 0 Å². The Balaban J connectivity index is 2.11. The second-order valence-corrected chi connectivity index (χ2v) is 5.26. The lowest BCUT2D eigenvalue weighted by molar-refractivity contribution is -0.385. The maximum Gasteiger partial charge on any atom is 0.273 e. The number of anilines is 1. The van der Waals surface area contributed by atoms with Crippen LogP contribution in [-0.4, -0.2) is 18.3 Å². The Morgan fingerprint density at radius 2 is 1.95 bits per heavy atom. The first kappa shape index (κ1) is 15.2. The van der Waals surface area contributed by atoms with Crippen LogP contribution in [0.2, 0.25) is 0 Å². The summed E-state index contributed by atoms with van der Waals surface area (Å²) in [6.45, 7) is 0.497. The van der Waals surface area contributed by atoms with Crippen LogP contribution in [0.3, 0.4) is 0 Å². The lowest BCUT2D eigenvalue weighted by Gasteiger charge is -2.08. The summed E-state index contributed by atoms with van der Waals surface area (Å²) in [6, 6.07) is 12.8. The molecule has 0 aliphatic rings. The molecule has 0 spiro atoms. The van der Waals surface area contributed by atoms with Crippen LogP contribution in [0.5, 0.6) is 5.75 Å². The zero-order valence-electron chi connectivity index (χ0n) is 11.8. The van der Waals surface area contributed by atoms with Gasteiger partial charge in [-0.3, -0.25) is 10.1 Å². The highest BCUT2D eigenvalue weighted by Crippen LogP contribution is 2.23. The molecule has 0 aliphatic carbocycles. The van der Waals surface area contributed by atoms with Gasteiger partial charge in [-0.05, 0) is 42.2 Å². The molecule has 5 nitrogen and oxygen atoms in total. The number of nitro benzene ring substituents is 1. The van der Waals surface area contributed by atoms with Crippen molar-refractivity contribution in [1.82, 2.24) is 0 Å². The molecule has 110 valence electrons. The van der Waals surface area contributed by atoms with Crippen LogP contribution in [0.15, 0.2) is 47.4 Å². The van der Waals surface area contributed by atoms with E-state index in [1.54, 1.807) is 23.9 Å². The maximum atomic E-state index is 10.9. The lowest BCUT2D eigenvalue weighted by atomic mass is 10.2. The number of methoxy groups -OCH3 is 1. The number of rotatable bonds is 6. The number of nitro groups is 1. The summed E-state index contributed by atoms with van der Waals surface area (Å²) in [6.07, 6.45) is 2.03. The van der Waals surface area contributed by atoms with Gasteiger partial charge in [-0.1, -0.05) is 0 Å². The molecule has 0 heterocycles. The van der Waals surface area contributed by atoms with E-state index in [1.165, 1.54) is 18.1 Å². The molecule has 6 heteroatoms. The molecule has 0 aliphatic heterocycles. The molecule has 1 N–H and O–H groups in total. The molecular weight excluding hydrogens is 288 g/mol. The molecule has 2 aromatic rings. The van der Waals surface area contributed by atoms with E-state index in [4.69, 9.17) is 4.74 Å². The highest BCUT2D eigenvalue weighted by atomic mass is 32.2. The SMILES string of the molecule is COc1cc(CNc2ccc(SC)cc2)cc([N+](=O)[O-])c1. The van der Waals surface area contributed by atoms with Crippen LogP contribution in [0.4, 0.5) is 11.4 Å². The van der Waals surface area contributed by atoms with Gasteiger partial charge in [0.25, 0.3) is 5.69 Å². The third-order valence-electron chi connectivity index (χ3n) is 2.98. The van der Waals surface area contributed by atoms with E-state index in [1.807, 2.05) is 30.5 Å². The van der Waals surface area contributed by atoms with E-state index in [2.05, 4.69) is 5.32 Å². The van der Waals surface area contributed by atoms with Gasteiger partial charge in [-0.25, -0.2) is 0 Å². The largest absolute Gasteiger partial charge is 0.496 e. The molecule has 0 radical (unpaired) electrons. The second-order valence-electron chi connectivity index (χ2n) is 4.38. The molecule has 0 atom stereocenters. The van der Waals surface area contributed by atoms with Crippen LogP contribution in [0.25, 0.3) is 0 Å². The molecule has 0 amide bonds. The Labute approximate surface area is 127 Å². The summed E-state index contributed by atoms with van der Waals surface area (Å²) in [5.41, 5.74) is 1.80. The molecule has 0 saturated carbocycles. The Morgan fingerprint density at radius 1 is 1.24 bits per heavy atom. The Hall–Kier alpha value is -2.21. The first-order chi connectivity index (χ1) is 10.1. The average Bonchev–Trinajstić information content (AvgIpc) is 2.53. The smallest absolute Gasteiger partial charge is 0.273 e. The van der Waals surface area contributed by atoms with E-state index >= 15 is 0 Å². The normalized spacial score (nSPS) is 10.2. The fraction of sp³-hybridized carbons (Fsp3) is 0.200. The first-order valence-electron chi connectivity index (χ1n) is 6.32. The summed E-state index contributed by atoms with van der Waals surface area (Å²) < 4.78 is 5.09. The van der Waals surface area contributed by atoms with E-state index in [-0.39, 0.29) is 5.69 Å². The van der Waals surface area contributed by atoms with Gasteiger partial charge in [0.15, 0.2) is 0 Å². The van der Waals surface area contributed by atoms with Crippen LogP contribution < -0.4 is 10.1 Å². The van der Waals surface area contributed by atoms with Gasteiger partial charge >= 0.3 is 0 Å². The highest BCUT2D eigenvalue weighted by molar-refractivity contribution is 7.98. The topological polar surface area (TPSA) is 64.4 Å². The highest BCUT2D eigenvalue weighted by Gasteiger charge is 2.10. The van der Waals surface area contributed by atoms with E-state index < -0.39 is 4.92 Å². The summed E-state index contributed by atoms with van der Waals surface area (Å²) in [4.78, 5) is 11.7. The minimum Gasteiger partial charge on any atom is -0.496 e. The number of benzene rings is 2. The molecule has 21 heavy (non-hydrogen) atoms.